The Bertz CT molecular complexity index is 548. The lowest BCUT2D eigenvalue weighted by atomic mass is 9.86. The van der Waals surface area contributed by atoms with Gasteiger partial charge in [0.05, 0.1) is 0 Å². The number of aliphatic carboxylic acids is 1. The molecule has 1 unspecified atom stereocenters. The summed E-state index contributed by atoms with van der Waals surface area (Å²) in [5.74, 6) is -0.166. The molecule has 0 aliphatic carbocycles. The maximum Gasteiger partial charge on any atom is 0.334 e. The third-order valence-corrected chi connectivity index (χ3v) is 3.35. The van der Waals surface area contributed by atoms with Gasteiger partial charge in [-0.2, -0.15) is 0 Å². The predicted octanol–water partition coefficient (Wildman–Crippen LogP) is 2.43. The van der Waals surface area contributed by atoms with Crippen molar-refractivity contribution in [2.45, 2.75) is 25.8 Å². The van der Waals surface area contributed by atoms with Crippen molar-refractivity contribution in [3.05, 3.63) is 54.1 Å². The van der Waals surface area contributed by atoms with Crippen LogP contribution in [0.4, 0.5) is 0 Å². The third-order valence-electron chi connectivity index (χ3n) is 3.35. The van der Waals surface area contributed by atoms with Gasteiger partial charge in [0.2, 0.25) is 0 Å². The Balaban J connectivity index is 2.69. The second-order valence-electron chi connectivity index (χ2n) is 4.23. The Hall–Kier alpha value is -2.10. The lowest BCUT2D eigenvalue weighted by Crippen LogP contribution is -2.42. The number of imidazole rings is 1. The molecule has 1 N–H and O–H groups in total. The number of benzene rings is 1. The Labute approximate surface area is 106 Å². The van der Waals surface area contributed by atoms with Crippen LogP contribution in [0.25, 0.3) is 0 Å². The van der Waals surface area contributed by atoms with Crippen LogP contribution in [-0.2, 0) is 10.3 Å². The molecule has 1 aromatic carbocycles. The van der Waals surface area contributed by atoms with Crippen LogP contribution in [-0.4, -0.2) is 20.6 Å². The van der Waals surface area contributed by atoms with E-state index in [2.05, 4.69) is 4.98 Å². The van der Waals surface area contributed by atoms with Gasteiger partial charge in [-0.3, -0.25) is 0 Å². The first kappa shape index (κ1) is 12.4. The van der Waals surface area contributed by atoms with Gasteiger partial charge >= 0.3 is 5.97 Å². The number of hydrogen-bond acceptors (Lipinski definition) is 2. The van der Waals surface area contributed by atoms with Crippen molar-refractivity contribution in [2.24, 2.45) is 0 Å². The van der Waals surface area contributed by atoms with Gasteiger partial charge in [0, 0.05) is 12.4 Å². The van der Waals surface area contributed by atoms with Gasteiger partial charge < -0.3 is 9.67 Å². The Kier molecular flexibility index (Phi) is 3.19. The fraction of sp³-hybridized carbons (Fsp3) is 0.286. The first-order valence-electron chi connectivity index (χ1n) is 5.92. The summed E-state index contributed by atoms with van der Waals surface area (Å²) in [5.41, 5.74) is -0.317. The molecular weight excluding hydrogens is 228 g/mol. The molecule has 0 aliphatic rings. The summed E-state index contributed by atoms with van der Waals surface area (Å²) in [6.45, 7) is 3.69. The van der Waals surface area contributed by atoms with E-state index in [1.165, 1.54) is 0 Å². The van der Waals surface area contributed by atoms with Crippen molar-refractivity contribution in [1.82, 2.24) is 9.55 Å². The molecule has 0 aliphatic heterocycles. The zero-order valence-electron chi connectivity index (χ0n) is 10.5. The van der Waals surface area contributed by atoms with Gasteiger partial charge in [-0.15, -0.1) is 0 Å². The number of rotatable bonds is 4. The van der Waals surface area contributed by atoms with E-state index >= 15 is 0 Å². The van der Waals surface area contributed by atoms with Crippen LogP contribution in [0.15, 0.2) is 42.7 Å². The summed E-state index contributed by atoms with van der Waals surface area (Å²) >= 11 is 0. The van der Waals surface area contributed by atoms with Crippen LogP contribution in [0.2, 0.25) is 0 Å². The second kappa shape index (κ2) is 4.64. The summed E-state index contributed by atoms with van der Waals surface area (Å²) < 4.78 is 1.73. The van der Waals surface area contributed by atoms with Crippen LogP contribution < -0.4 is 0 Å². The molecular formula is C14H16N2O2. The molecule has 0 amide bonds. The molecule has 94 valence electrons. The van der Waals surface area contributed by atoms with Crippen LogP contribution in [0.1, 0.15) is 24.7 Å². The number of aromatic nitrogens is 2. The molecule has 0 saturated carbocycles. The minimum absolute atomic E-state index is 0.462. The number of carboxylic acid groups (broad SMARTS) is 1. The highest BCUT2D eigenvalue weighted by Crippen LogP contribution is 2.31. The van der Waals surface area contributed by atoms with Crippen molar-refractivity contribution >= 4 is 5.97 Å². The van der Waals surface area contributed by atoms with Crippen LogP contribution >= 0.6 is 0 Å². The summed E-state index contributed by atoms with van der Waals surface area (Å²) in [7, 11) is 0. The zero-order chi connectivity index (χ0) is 13.2. The van der Waals surface area contributed by atoms with E-state index in [-0.39, 0.29) is 0 Å². The van der Waals surface area contributed by atoms with E-state index in [9.17, 15) is 9.90 Å². The Morgan fingerprint density at radius 2 is 2.06 bits per heavy atom. The topological polar surface area (TPSA) is 55.1 Å². The van der Waals surface area contributed by atoms with Gasteiger partial charge in [-0.1, -0.05) is 37.3 Å². The standard InChI is InChI=1S/C14H16N2O2/c1-3-14(13(17)18,12-7-5-4-6-8-12)16-10-9-15-11(16)2/h4-10H,3H2,1-2H3,(H,17,18). The van der Waals surface area contributed by atoms with E-state index < -0.39 is 11.5 Å². The highest BCUT2D eigenvalue weighted by molar-refractivity contribution is 5.81. The first-order valence-corrected chi connectivity index (χ1v) is 5.92. The van der Waals surface area contributed by atoms with E-state index in [1.807, 2.05) is 44.2 Å². The number of carboxylic acids is 1. The minimum atomic E-state index is -1.08. The summed E-state index contributed by atoms with van der Waals surface area (Å²) in [5, 5.41) is 9.72. The van der Waals surface area contributed by atoms with E-state index in [0.717, 1.165) is 5.56 Å². The lowest BCUT2D eigenvalue weighted by Gasteiger charge is -2.31. The van der Waals surface area contributed by atoms with Crippen molar-refractivity contribution < 1.29 is 9.90 Å². The van der Waals surface area contributed by atoms with Crippen molar-refractivity contribution in [3.8, 4) is 0 Å². The maximum absolute atomic E-state index is 11.9. The third kappa shape index (κ3) is 1.70. The maximum atomic E-state index is 11.9. The lowest BCUT2D eigenvalue weighted by molar-refractivity contribution is -0.145. The van der Waals surface area contributed by atoms with Gasteiger partial charge in [-0.25, -0.2) is 9.78 Å². The molecule has 1 atom stereocenters. The highest BCUT2D eigenvalue weighted by atomic mass is 16.4. The van der Waals surface area contributed by atoms with Crippen molar-refractivity contribution in [3.63, 3.8) is 0 Å². The molecule has 4 nitrogen and oxygen atoms in total. The second-order valence-corrected chi connectivity index (χ2v) is 4.23. The number of nitrogens with zero attached hydrogens (tertiary/aromatic N) is 2. The molecule has 4 heteroatoms. The Morgan fingerprint density at radius 1 is 1.39 bits per heavy atom. The highest BCUT2D eigenvalue weighted by Gasteiger charge is 2.41. The van der Waals surface area contributed by atoms with E-state index in [4.69, 9.17) is 0 Å². The summed E-state index contributed by atoms with van der Waals surface area (Å²) in [4.78, 5) is 16.0. The van der Waals surface area contributed by atoms with Crippen LogP contribution in [0, 0.1) is 6.92 Å². The fourth-order valence-electron chi connectivity index (χ4n) is 2.39. The number of carbonyl (C=O) groups is 1. The van der Waals surface area contributed by atoms with Crippen LogP contribution in [0.5, 0.6) is 0 Å². The largest absolute Gasteiger partial charge is 0.479 e. The molecule has 1 heterocycles. The monoisotopic (exact) mass is 244 g/mol. The molecule has 2 rings (SSSR count). The van der Waals surface area contributed by atoms with Gasteiger partial charge in [0.1, 0.15) is 5.82 Å². The number of hydrogen-bond donors (Lipinski definition) is 1. The molecule has 0 fully saturated rings. The average Bonchev–Trinajstić information content (AvgIpc) is 2.79. The van der Waals surface area contributed by atoms with Gasteiger partial charge in [-0.05, 0) is 18.9 Å². The van der Waals surface area contributed by atoms with Gasteiger partial charge in [0.15, 0.2) is 5.54 Å². The van der Waals surface area contributed by atoms with E-state index in [1.54, 1.807) is 17.0 Å². The van der Waals surface area contributed by atoms with Crippen molar-refractivity contribution in [1.29, 1.82) is 0 Å². The average molecular weight is 244 g/mol. The van der Waals surface area contributed by atoms with Crippen molar-refractivity contribution in [2.75, 3.05) is 0 Å². The molecule has 0 spiro atoms. The normalized spacial score (nSPS) is 14.1. The van der Waals surface area contributed by atoms with Gasteiger partial charge in [0.25, 0.3) is 0 Å². The summed E-state index contributed by atoms with van der Waals surface area (Å²) in [6, 6.07) is 9.28. The molecule has 0 radical (unpaired) electrons. The Morgan fingerprint density at radius 3 is 2.50 bits per heavy atom. The summed E-state index contributed by atoms with van der Waals surface area (Å²) in [6.07, 6.45) is 3.81. The van der Waals surface area contributed by atoms with Crippen LogP contribution in [0.3, 0.4) is 0 Å². The zero-order valence-corrected chi connectivity index (χ0v) is 10.5. The SMILES string of the molecule is CCC(C(=O)O)(c1ccccc1)n1ccnc1C. The minimum Gasteiger partial charge on any atom is -0.479 e. The molecule has 18 heavy (non-hydrogen) atoms. The molecule has 2 aromatic rings. The first-order chi connectivity index (χ1) is 8.63. The molecule has 0 bridgehead atoms. The predicted molar refractivity (Wildman–Crippen MR) is 68.4 cm³/mol. The quantitative estimate of drug-likeness (QED) is 0.898. The van der Waals surface area contributed by atoms with E-state index in [0.29, 0.717) is 12.2 Å². The fourth-order valence-corrected chi connectivity index (χ4v) is 2.39. The molecule has 0 saturated heterocycles. The number of aryl methyl sites for hydroxylation is 1. The smallest absolute Gasteiger partial charge is 0.334 e. The molecule has 1 aromatic heterocycles.